The van der Waals surface area contributed by atoms with E-state index in [2.05, 4.69) is 15.3 Å². The van der Waals surface area contributed by atoms with Gasteiger partial charge in [0, 0.05) is 25.5 Å². The smallest absolute Gasteiger partial charge is 0.271 e. The number of amides is 3. The van der Waals surface area contributed by atoms with Crippen LogP contribution in [0.4, 0.5) is 0 Å². The summed E-state index contributed by atoms with van der Waals surface area (Å²) in [7, 11) is 0. The molecule has 1 aromatic heterocycles. The van der Waals surface area contributed by atoms with Crippen LogP contribution < -0.4 is 5.32 Å². The van der Waals surface area contributed by atoms with Gasteiger partial charge in [0.15, 0.2) is 0 Å². The van der Waals surface area contributed by atoms with Crippen molar-refractivity contribution in [1.29, 1.82) is 0 Å². The molecule has 3 rings (SSSR count). The highest BCUT2D eigenvalue weighted by Gasteiger charge is 2.34. The van der Waals surface area contributed by atoms with Crippen LogP contribution in [0.15, 0.2) is 42.9 Å². The van der Waals surface area contributed by atoms with E-state index in [1.54, 1.807) is 24.3 Å². The summed E-state index contributed by atoms with van der Waals surface area (Å²) in [4.78, 5) is 44.8. The average Bonchev–Trinajstić information content (AvgIpc) is 2.81. The van der Waals surface area contributed by atoms with Crippen molar-refractivity contribution in [3.8, 4) is 0 Å². The molecule has 22 heavy (non-hydrogen) atoms. The van der Waals surface area contributed by atoms with Crippen molar-refractivity contribution in [2.75, 3.05) is 13.1 Å². The first-order valence-corrected chi connectivity index (χ1v) is 6.68. The molecule has 1 aromatic carbocycles. The number of benzene rings is 1. The maximum Gasteiger partial charge on any atom is 0.271 e. The molecule has 0 unspecified atom stereocenters. The van der Waals surface area contributed by atoms with Crippen LogP contribution in [0.25, 0.3) is 0 Å². The second-order valence-corrected chi connectivity index (χ2v) is 4.65. The van der Waals surface area contributed by atoms with Crippen molar-refractivity contribution in [1.82, 2.24) is 20.2 Å². The van der Waals surface area contributed by atoms with Gasteiger partial charge in [-0.1, -0.05) is 12.1 Å². The third kappa shape index (κ3) is 2.44. The van der Waals surface area contributed by atoms with Crippen molar-refractivity contribution < 1.29 is 14.4 Å². The molecule has 0 spiro atoms. The number of aromatic nitrogens is 2. The molecule has 3 amide bonds. The summed E-state index contributed by atoms with van der Waals surface area (Å²) in [5.74, 6) is -1.08. The Bertz CT molecular complexity index is 710. The lowest BCUT2D eigenvalue weighted by molar-refractivity contribution is 0.0649. The van der Waals surface area contributed by atoms with Gasteiger partial charge in [-0.15, -0.1) is 0 Å². The van der Waals surface area contributed by atoms with Gasteiger partial charge in [-0.05, 0) is 12.1 Å². The summed E-state index contributed by atoms with van der Waals surface area (Å²) in [6.07, 6.45) is 4.23. The number of imide groups is 1. The topological polar surface area (TPSA) is 92.3 Å². The molecule has 0 radical (unpaired) electrons. The first kappa shape index (κ1) is 13.9. The summed E-state index contributed by atoms with van der Waals surface area (Å²) in [6.45, 7) is 0.263. The molecule has 0 saturated carbocycles. The lowest BCUT2D eigenvalue weighted by Crippen LogP contribution is -2.38. The summed E-state index contributed by atoms with van der Waals surface area (Å²) >= 11 is 0. The van der Waals surface area contributed by atoms with Crippen LogP contribution in [-0.2, 0) is 0 Å². The largest absolute Gasteiger partial charge is 0.349 e. The number of hydrogen-bond donors (Lipinski definition) is 1. The van der Waals surface area contributed by atoms with Gasteiger partial charge < -0.3 is 5.32 Å². The first-order valence-electron chi connectivity index (χ1n) is 6.68. The number of fused-ring (bicyclic) bond motifs is 1. The van der Waals surface area contributed by atoms with E-state index in [4.69, 9.17) is 0 Å². The molecular formula is C15H12N4O3. The van der Waals surface area contributed by atoms with Gasteiger partial charge in [0.25, 0.3) is 17.7 Å². The summed E-state index contributed by atoms with van der Waals surface area (Å²) in [5.41, 5.74) is 0.977. The van der Waals surface area contributed by atoms with Crippen LogP contribution in [0.1, 0.15) is 31.2 Å². The fourth-order valence-corrected chi connectivity index (χ4v) is 2.23. The zero-order valence-electron chi connectivity index (χ0n) is 11.5. The van der Waals surface area contributed by atoms with E-state index in [0.29, 0.717) is 11.1 Å². The second kappa shape index (κ2) is 5.72. The highest BCUT2D eigenvalue weighted by molar-refractivity contribution is 6.21. The van der Waals surface area contributed by atoms with E-state index in [-0.39, 0.29) is 30.6 Å². The predicted molar refractivity (Wildman–Crippen MR) is 76.2 cm³/mol. The molecule has 2 heterocycles. The first-order chi connectivity index (χ1) is 10.7. The fourth-order valence-electron chi connectivity index (χ4n) is 2.23. The number of hydrogen-bond acceptors (Lipinski definition) is 5. The number of nitrogens with zero attached hydrogens (tertiary/aromatic N) is 3. The maximum absolute atomic E-state index is 12.1. The molecule has 0 bridgehead atoms. The molecule has 0 fully saturated rings. The molecule has 0 aliphatic carbocycles. The predicted octanol–water partition coefficient (Wildman–Crippen LogP) is 0.503. The van der Waals surface area contributed by atoms with E-state index < -0.39 is 5.91 Å². The summed E-state index contributed by atoms with van der Waals surface area (Å²) in [5, 5.41) is 2.61. The highest BCUT2D eigenvalue weighted by Crippen LogP contribution is 2.21. The Kier molecular flexibility index (Phi) is 3.61. The van der Waals surface area contributed by atoms with Crippen molar-refractivity contribution in [2.24, 2.45) is 0 Å². The van der Waals surface area contributed by atoms with Gasteiger partial charge in [-0.3, -0.25) is 24.3 Å². The lowest BCUT2D eigenvalue weighted by Gasteiger charge is -2.13. The van der Waals surface area contributed by atoms with E-state index in [9.17, 15) is 14.4 Å². The van der Waals surface area contributed by atoms with Crippen LogP contribution in [0.5, 0.6) is 0 Å². The van der Waals surface area contributed by atoms with Gasteiger partial charge in [-0.2, -0.15) is 0 Å². The van der Waals surface area contributed by atoms with Crippen molar-refractivity contribution >= 4 is 17.7 Å². The van der Waals surface area contributed by atoms with Crippen molar-refractivity contribution in [3.63, 3.8) is 0 Å². The van der Waals surface area contributed by atoms with Crippen LogP contribution in [0, 0.1) is 0 Å². The summed E-state index contributed by atoms with van der Waals surface area (Å²) in [6, 6.07) is 6.66. The number of carbonyl (C=O) groups is 3. The lowest BCUT2D eigenvalue weighted by atomic mass is 10.1. The molecule has 1 N–H and O–H groups in total. The number of carbonyl (C=O) groups excluding carboxylic acids is 3. The van der Waals surface area contributed by atoms with Crippen LogP contribution in [0.2, 0.25) is 0 Å². The van der Waals surface area contributed by atoms with Crippen LogP contribution >= 0.6 is 0 Å². The van der Waals surface area contributed by atoms with E-state index in [1.807, 2.05) is 0 Å². The quantitative estimate of drug-likeness (QED) is 0.830. The second-order valence-electron chi connectivity index (χ2n) is 4.65. The fraction of sp³-hybridized carbons (Fsp3) is 0.133. The zero-order chi connectivity index (χ0) is 15.5. The van der Waals surface area contributed by atoms with Crippen molar-refractivity contribution in [3.05, 3.63) is 59.7 Å². The molecule has 110 valence electrons. The molecule has 1 aliphatic rings. The van der Waals surface area contributed by atoms with E-state index >= 15 is 0 Å². The van der Waals surface area contributed by atoms with Crippen LogP contribution in [0.3, 0.4) is 0 Å². The zero-order valence-corrected chi connectivity index (χ0v) is 11.5. The minimum absolute atomic E-state index is 0.109. The SMILES string of the molecule is O=C(NCCN1C(=O)c2ccccc2C1=O)c1cnccn1. The Labute approximate surface area is 126 Å². The van der Waals surface area contributed by atoms with Gasteiger partial charge in [0.05, 0.1) is 17.3 Å². The number of nitrogens with one attached hydrogen (secondary N) is 1. The van der Waals surface area contributed by atoms with Gasteiger partial charge in [-0.25, -0.2) is 4.98 Å². The minimum Gasteiger partial charge on any atom is -0.349 e. The Morgan fingerprint density at radius 3 is 2.36 bits per heavy atom. The molecule has 7 nitrogen and oxygen atoms in total. The monoisotopic (exact) mass is 296 g/mol. The molecule has 2 aromatic rings. The maximum atomic E-state index is 12.1. The van der Waals surface area contributed by atoms with E-state index in [1.165, 1.54) is 18.6 Å². The standard InChI is InChI=1S/C15H12N4O3/c20-13(12-9-16-5-6-17-12)18-7-8-19-14(21)10-3-1-2-4-11(10)15(19)22/h1-6,9H,7-8H2,(H,18,20). The molecule has 7 heteroatoms. The molecule has 1 aliphatic heterocycles. The van der Waals surface area contributed by atoms with Gasteiger partial charge >= 0.3 is 0 Å². The Balaban J connectivity index is 1.61. The third-order valence-electron chi connectivity index (χ3n) is 3.29. The Morgan fingerprint density at radius 2 is 1.77 bits per heavy atom. The normalized spacial score (nSPS) is 13.2. The Morgan fingerprint density at radius 1 is 1.09 bits per heavy atom. The Hall–Kier alpha value is -3.09. The number of rotatable bonds is 4. The van der Waals surface area contributed by atoms with Gasteiger partial charge in [0.1, 0.15) is 5.69 Å². The molecule has 0 atom stereocenters. The minimum atomic E-state index is -0.398. The van der Waals surface area contributed by atoms with E-state index in [0.717, 1.165) is 4.90 Å². The third-order valence-corrected chi connectivity index (χ3v) is 3.29. The van der Waals surface area contributed by atoms with Crippen molar-refractivity contribution in [2.45, 2.75) is 0 Å². The average molecular weight is 296 g/mol. The summed E-state index contributed by atoms with van der Waals surface area (Å²) < 4.78 is 0. The van der Waals surface area contributed by atoms with Crippen LogP contribution in [-0.4, -0.2) is 45.7 Å². The van der Waals surface area contributed by atoms with Gasteiger partial charge in [0.2, 0.25) is 0 Å². The molecular weight excluding hydrogens is 284 g/mol. The highest BCUT2D eigenvalue weighted by atomic mass is 16.2. The molecule has 0 saturated heterocycles.